The summed E-state index contributed by atoms with van der Waals surface area (Å²) < 4.78 is 0. The molecule has 0 saturated carbocycles. The van der Waals surface area contributed by atoms with Gasteiger partial charge in [0.05, 0.1) is 9.82 Å². The summed E-state index contributed by atoms with van der Waals surface area (Å²) in [6.07, 6.45) is 1.33. The predicted molar refractivity (Wildman–Crippen MR) is 96.1 cm³/mol. The molecule has 0 fully saturated rings. The molecule has 0 radical (unpaired) electrons. The molecule has 7 heteroatoms. The van der Waals surface area contributed by atoms with Crippen LogP contribution in [0.1, 0.15) is 11.1 Å². The Morgan fingerprint density at radius 2 is 1.96 bits per heavy atom. The van der Waals surface area contributed by atoms with E-state index >= 15 is 0 Å². The summed E-state index contributed by atoms with van der Waals surface area (Å²) in [5.41, 5.74) is 1.34. The maximum absolute atomic E-state index is 11.6. The van der Waals surface area contributed by atoms with Gasteiger partial charge in [0.15, 0.2) is 0 Å². The van der Waals surface area contributed by atoms with Gasteiger partial charge < -0.3 is 5.32 Å². The van der Waals surface area contributed by atoms with Crippen molar-refractivity contribution < 1.29 is 9.72 Å². The number of nitrogens with one attached hydrogen (secondary N) is 1. The number of nitro benzene ring substituents is 1. The van der Waals surface area contributed by atoms with E-state index < -0.39 is 10.8 Å². The summed E-state index contributed by atoms with van der Waals surface area (Å²) in [5.74, 6) is -0.539. The van der Waals surface area contributed by atoms with Gasteiger partial charge in [0.2, 0.25) is 0 Å². The summed E-state index contributed by atoms with van der Waals surface area (Å²) in [7, 11) is 1.41. The molecule has 126 valence electrons. The molecule has 0 aliphatic carbocycles. The quantitative estimate of drug-likeness (QED) is 0.382. The van der Waals surface area contributed by atoms with Crippen LogP contribution in [-0.2, 0) is 4.79 Å². The molecule has 2 aromatic rings. The van der Waals surface area contributed by atoms with Crippen molar-refractivity contribution in [1.29, 1.82) is 5.26 Å². The molecule has 25 heavy (non-hydrogen) atoms. The number of hydrogen-bond acceptors (Lipinski definition) is 5. The van der Waals surface area contributed by atoms with Crippen LogP contribution < -0.4 is 5.32 Å². The minimum atomic E-state index is -0.539. The zero-order chi connectivity index (χ0) is 18.4. The molecule has 0 saturated heterocycles. The second-order valence-corrected chi connectivity index (χ2v) is 6.26. The number of carbonyl (C=O) groups is 1. The van der Waals surface area contributed by atoms with Crippen LogP contribution in [0.5, 0.6) is 0 Å². The van der Waals surface area contributed by atoms with Crippen LogP contribution >= 0.6 is 11.8 Å². The second-order valence-electron chi connectivity index (χ2n) is 5.15. The third kappa shape index (κ3) is 4.68. The van der Waals surface area contributed by atoms with Gasteiger partial charge >= 0.3 is 0 Å². The van der Waals surface area contributed by atoms with Crippen LogP contribution in [0.4, 0.5) is 5.69 Å². The van der Waals surface area contributed by atoms with Gasteiger partial charge in [-0.25, -0.2) is 0 Å². The molecule has 1 N–H and O–H groups in total. The zero-order valence-electron chi connectivity index (χ0n) is 13.6. The van der Waals surface area contributed by atoms with Crippen LogP contribution in [-0.4, -0.2) is 17.9 Å². The number of nitro groups is 1. The van der Waals surface area contributed by atoms with Crippen molar-refractivity contribution in [3.05, 3.63) is 69.3 Å². The van der Waals surface area contributed by atoms with E-state index in [1.165, 1.54) is 31.0 Å². The van der Waals surface area contributed by atoms with E-state index in [2.05, 4.69) is 5.32 Å². The summed E-state index contributed by atoms with van der Waals surface area (Å²) >= 11 is 1.29. The molecule has 0 aliphatic rings. The molecule has 0 heterocycles. The molecule has 0 atom stereocenters. The van der Waals surface area contributed by atoms with Crippen molar-refractivity contribution in [3.63, 3.8) is 0 Å². The van der Waals surface area contributed by atoms with E-state index in [4.69, 9.17) is 5.26 Å². The largest absolute Gasteiger partial charge is 0.354 e. The highest BCUT2D eigenvalue weighted by Gasteiger charge is 2.16. The highest BCUT2D eigenvalue weighted by molar-refractivity contribution is 7.99. The van der Waals surface area contributed by atoms with E-state index in [1.807, 2.05) is 31.2 Å². The molecule has 0 aromatic heterocycles. The molecular weight excluding hydrogens is 338 g/mol. The first-order chi connectivity index (χ1) is 11.9. The average Bonchev–Trinajstić information content (AvgIpc) is 2.61. The number of nitrogens with zero attached hydrogens (tertiary/aromatic N) is 2. The third-order valence-corrected chi connectivity index (χ3v) is 4.40. The van der Waals surface area contributed by atoms with Crippen LogP contribution in [0.2, 0.25) is 0 Å². The molecule has 6 nitrogen and oxygen atoms in total. The minimum Gasteiger partial charge on any atom is -0.354 e. The number of hydrogen-bond donors (Lipinski definition) is 1. The lowest BCUT2D eigenvalue weighted by atomic mass is 10.1. The smallest absolute Gasteiger partial charge is 0.283 e. The Balaban J connectivity index is 2.39. The molecule has 0 spiro atoms. The van der Waals surface area contributed by atoms with Crippen LogP contribution in [0.3, 0.4) is 0 Å². The summed E-state index contributed by atoms with van der Waals surface area (Å²) in [6, 6.07) is 14.1. The first-order valence-corrected chi connectivity index (χ1v) is 8.13. The van der Waals surface area contributed by atoms with E-state index in [-0.39, 0.29) is 11.3 Å². The second kappa shape index (κ2) is 8.13. The van der Waals surface area contributed by atoms with E-state index in [0.29, 0.717) is 10.5 Å². The fraction of sp³-hybridized carbons (Fsp3) is 0.111. The van der Waals surface area contributed by atoms with Crippen molar-refractivity contribution in [2.24, 2.45) is 0 Å². The van der Waals surface area contributed by atoms with E-state index in [9.17, 15) is 14.9 Å². The standard InChI is InChI=1S/C18H15N3O3S/c1-12-3-6-15(7-4-12)25-17-8-5-13(10-16(17)21(23)24)9-14(11-19)18(22)20-2/h3-10H,1-2H3,(H,20,22)/b14-9-. The average molecular weight is 353 g/mol. The zero-order valence-corrected chi connectivity index (χ0v) is 14.5. The Hall–Kier alpha value is -3.11. The Labute approximate surface area is 149 Å². The van der Waals surface area contributed by atoms with Gasteiger partial charge in [0.25, 0.3) is 11.6 Å². The van der Waals surface area contributed by atoms with Crippen LogP contribution in [0.25, 0.3) is 6.08 Å². The number of likely N-dealkylation sites (N-methyl/N-ethyl adjacent to an activating group) is 1. The van der Waals surface area contributed by atoms with Gasteiger partial charge in [0.1, 0.15) is 11.6 Å². The highest BCUT2D eigenvalue weighted by Crippen LogP contribution is 2.35. The number of rotatable bonds is 5. The van der Waals surface area contributed by atoms with Crippen molar-refractivity contribution in [2.75, 3.05) is 7.05 Å². The van der Waals surface area contributed by atoms with Crippen molar-refractivity contribution in [3.8, 4) is 6.07 Å². The lowest BCUT2D eigenvalue weighted by Crippen LogP contribution is -2.19. The van der Waals surface area contributed by atoms with Gasteiger partial charge in [-0.1, -0.05) is 35.5 Å². The number of carbonyl (C=O) groups excluding carboxylic acids is 1. The SMILES string of the molecule is CNC(=O)/C(C#N)=C\c1ccc(Sc2ccc(C)cc2)c([N+](=O)[O-])c1. The maximum Gasteiger partial charge on any atom is 0.283 e. The summed E-state index contributed by atoms with van der Waals surface area (Å²) in [4.78, 5) is 23.9. The Morgan fingerprint density at radius 3 is 2.52 bits per heavy atom. The lowest BCUT2D eigenvalue weighted by Gasteiger charge is -2.05. The third-order valence-electron chi connectivity index (χ3n) is 3.33. The molecule has 2 rings (SSSR count). The topological polar surface area (TPSA) is 96.0 Å². The molecule has 0 aliphatic heterocycles. The van der Waals surface area contributed by atoms with Crippen molar-refractivity contribution >= 4 is 29.4 Å². The van der Waals surface area contributed by atoms with Gasteiger partial charge in [-0.2, -0.15) is 5.26 Å². The van der Waals surface area contributed by atoms with Gasteiger partial charge in [-0.15, -0.1) is 0 Å². The number of benzene rings is 2. The molecular formula is C18H15N3O3S. The molecule has 0 unspecified atom stereocenters. The fourth-order valence-corrected chi connectivity index (χ4v) is 2.94. The predicted octanol–water partition coefficient (Wildman–Crippen LogP) is 3.71. The van der Waals surface area contributed by atoms with Gasteiger partial charge in [-0.3, -0.25) is 14.9 Å². The maximum atomic E-state index is 11.6. The van der Waals surface area contributed by atoms with Gasteiger partial charge in [0, 0.05) is 18.0 Å². The monoisotopic (exact) mass is 353 g/mol. The van der Waals surface area contributed by atoms with Crippen LogP contribution in [0.15, 0.2) is 57.8 Å². The van der Waals surface area contributed by atoms with E-state index in [1.54, 1.807) is 18.2 Å². The molecule has 2 aromatic carbocycles. The Bertz CT molecular complexity index is 883. The summed E-state index contributed by atoms with van der Waals surface area (Å²) in [6.45, 7) is 1.97. The lowest BCUT2D eigenvalue weighted by molar-refractivity contribution is -0.387. The Morgan fingerprint density at radius 1 is 1.28 bits per heavy atom. The van der Waals surface area contributed by atoms with E-state index in [0.717, 1.165) is 10.5 Å². The molecule has 0 bridgehead atoms. The van der Waals surface area contributed by atoms with Gasteiger partial charge in [-0.05, 0) is 36.8 Å². The number of amides is 1. The van der Waals surface area contributed by atoms with Crippen molar-refractivity contribution in [1.82, 2.24) is 5.32 Å². The van der Waals surface area contributed by atoms with Crippen molar-refractivity contribution in [2.45, 2.75) is 16.7 Å². The highest BCUT2D eigenvalue weighted by atomic mass is 32.2. The number of nitriles is 1. The fourth-order valence-electron chi connectivity index (χ4n) is 2.04. The minimum absolute atomic E-state index is 0.0754. The Kier molecular flexibility index (Phi) is 5.93. The first-order valence-electron chi connectivity index (χ1n) is 7.31. The number of aryl methyl sites for hydroxylation is 1. The molecule has 1 amide bonds. The first kappa shape index (κ1) is 18.2. The summed E-state index contributed by atoms with van der Waals surface area (Å²) in [5, 5.41) is 22.8. The van der Waals surface area contributed by atoms with Crippen LogP contribution in [0, 0.1) is 28.4 Å². The normalized spacial score (nSPS) is 10.8.